The van der Waals surface area contributed by atoms with Crippen LogP contribution >= 0.6 is 0 Å². The van der Waals surface area contributed by atoms with Gasteiger partial charge in [-0.3, -0.25) is 14.9 Å². The molecule has 1 aromatic rings. The summed E-state index contributed by atoms with van der Waals surface area (Å²) in [5.41, 5.74) is 5.38. The van der Waals surface area contributed by atoms with Crippen molar-refractivity contribution < 1.29 is 14.5 Å². The van der Waals surface area contributed by atoms with Gasteiger partial charge >= 0.3 is 0 Å². The Hall–Kier alpha value is -2.41. The number of hydrogen-bond acceptors (Lipinski definition) is 5. The summed E-state index contributed by atoms with van der Waals surface area (Å²) in [6.45, 7) is 0.729. The van der Waals surface area contributed by atoms with Crippen LogP contribution in [0.25, 0.3) is 0 Å². The number of benzene rings is 1. The molecule has 0 saturated carbocycles. The predicted octanol–water partition coefficient (Wildman–Crippen LogP) is 0.848. The number of ether oxygens (including phenoxy) is 1. The maximum Gasteiger partial charge on any atom is 0.273 e. The molecule has 0 bridgehead atoms. The second-order valence-corrected chi connectivity index (χ2v) is 3.56. The van der Waals surface area contributed by atoms with E-state index in [9.17, 15) is 14.9 Å². The van der Waals surface area contributed by atoms with Crippen molar-refractivity contribution in [2.24, 2.45) is 5.73 Å². The lowest BCUT2D eigenvalue weighted by molar-refractivity contribution is -0.384. The van der Waals surface area contributed by atoms with E-state index in [0.717, 1.165) is 0 Å². The number of nitrogens with zero attached hydrogens (tertiary/aromatic N) is 1. The van der Waals surface area contributed by atoms with E-state index in [1.165, 1.54) is 25.3 Å². The number of hydrogen-bond donors (Lipinski definition) is 2. The highest BCUT2D eigenvalue weighted by molar-refractivity contribution is 5.97. The molecule has 0 aliphatic rings. The highest BCUT2D eigenvalue weighted by atomic mass is 16.6. The van der Waals surface area contributed by atoms with Crippen LogP contribution in [-0.2, 0) is 0 Å². The van der Waals surface area contributed by atoms with Crippen molar-refractivity contribution in [1.29, 1.82) is 0 Å². The van der Waals surface area contributed by atoms with Gasteiger partial charge in [0.2, 0.25) is 0 Å². The Morgan fingerprint density at radius 3 is 2.84 bits per heavy atom. The van der Waals surface area contributed by atoms with E-state index < -0.39 is 4.92 Å². The van der Waals surface area contributed by atoms with Gasteiger partial charge in [0.1, 0.15) is 5.75 Å². The minimum Gasteiger partial charge on any atom is -0.496 e. The quantitative estimate of drug-likeness (QED) is 0.450. The fourth-order valence-corrected chi connectivity index (χ4v) is 1.41. The number of rotatable bonds is 6. The second kappa shape index (κ2) is 7.12. The zero-order valence-corrected chi connectivity index (χ0v) is 10.5. The number of nitro groups is 1. The third-order valence-electron chi connectivity index (χ3n) is 2.32. The van der Waals surface area contributed by atoms with Crippen molar-refractivity contribution in [2.45, 2.75) is 0 Å². The van der Waals surface area contributed by atoms with Crippen molar-refractivity contribution in [3.8, 4) is 5.75 Å². The van der Waals surface area contributed by atoms with E-state index >= 15 is 0 Å². The minimum atomic E-state index is -0.547. The second-order valence-electron chi connectivity index (χ2n) is 3.56. The summed E-state index contributed by atoms with van der Waals surface area (Å²) in [5, 5.41) is 13.2. The maximum atomic E-state index is 11.8. The predicted molar refractivity (Wildman–Crippen MR) is 70.2 cm³/mol. The van der Waals surface area contributed by atoms with E-state index in [-0.39, 0.29) is 22.9 Å². The molecule has 0 aromatic heterocycles. The van der Waals surface area contributed by atoms with Gasteiger partial charge in [-0.15, -0.1) is 0 Å². The summed E-state index contributed by atoms with van der Waals surface area (Å²) in [4.78, 5) is 21.9. The van der Waals surface area contributed by atoms with Gasteiger partial charge in [-0.05, 0) is 6.07 Å². The largest absolute Gasteiger partial charge is 0.496 e. The molecule has 0 spiro atoms. The number of nitrogens with two attached hydrogens (primary N) is 1. The minimum absolute atomic E-state index is 0.128. The highest BCUT2D eigenvalue weighted by Gasteiger charge is 2.16. The summed E-state index contributed by atoms with van der Waals surface area (Å²) < 4.78 is 4.98. The van der Waals surface area contributed by atoms with Crippen LogP contribution in [0.1, 0.15) is 10.4 Å². The van der Waals surface area contributed by atoms with Gasteiger partial charge in [-0.1, -0.05) is 12.2 Å². The third-order valence-corrected chi connectivity index (χ3v) is 2.32. The summed E-state index contributed by atoms with van der Waals surface area (Å²) >= 11 is 0. The Morgan fingerprint density at radius 2 is 2.26 bits per heavy atom. The molecule has 1 amide bonds. The molecule has 0 unspecified atom stereocenters. The first-order valence-electron chi connectivity index (χ1n) is 5.55. The SMILES string of the molecule is COc1cc([N+](=O)[O-])ccc1C(=O)NC/C=C/CN. The average molecular weight is 265 g/mol. The molecular weight excluding hydrogens is 250 g/mol. The molecule has 0 atom stereocenters. The average Bonchev–Trinajstić information content (AvgIpc) is 2.42. The Morgan fingerprint density at radius 1 is 1.53 bits per heavy atom. The van der Waals surface area contributed by atoms with Crippen molar-refractivity contribution in [3.63, 3.8) is 0 Å². The molecule has 0 fully saturated rings. The number of carbonyl (C=O) groups excluding carboxylic acids is 1. The van der Waals surface area contributed by atoms with Crippen LogP contribution in [0.15, 0.2) is 30.4 Å². The zero-order valence-electron chi connectivity index (χ0n) is 10.5. The van der Waals surface area contributed by atoms with Crippen LogP contribution in [0.2, 0.25) is 0 Å². The normalized spacial score (nSPS) is 10.4. The molecule has 7 nitrogen and oxygen atoms in total. The summed E-state index contributed by atoms with van der Waals surface area (Å²) in [5.74, 6) is -0.206. The van der Waals surface area contributed by atoms with Crippen molar-refractivity contribution in [2.75, 3.05) is 20.2 Å². The van der Waals surface area contributed by atoms with Gasteiger partial charge in [0.25, 0.3) is 11.6 Å². The van der Waals surface area contributed by atoms with E-state index in [0.29, 0.717) is 13.1 Å². The molecule has 0 saturated heterocycles. The lowest BCUT2D eigenvalue weighted by Gasteiger charge is -2.07. The van der Waals surface area contributed by atoms with E-state index in [1.807, 2.05) is 0 Å². The molecule has 1 aromatic carbocycles. The van der Waals surface area contributed by atoms with Crippen LogP contribution in [0, 0.1) is 10.1 Å². The molecule has 3 N–H and O–H groups in total. The number of carbonyl (C=O) groups is 1. The number of amides is 1. The number of nitro benzene ring substituents is 1. The fraction of sp³-hybridized carbons (Fsp3) is 0.250. The summed E-state index contributed by atoms with van der Waals surface area (Å²) in [6.07, 6.45) is 3.43. The maximum absolute atomic E-state index is 11.8. The van der Waals surface area contributed by atoms with Gasteiger partial charge in [0.05, 0.1) is 23.7 Å². The van der Waals surface area contributed by atoms with Gasteiger partial charge in [-0.2, -0.15) is 0 Å². The first-order valence-corrected chi connectivity index (χ1v) is 5.55. The van der Waals surface area contributed by atoms with Crippen molar-refractivity contribution in [1.82, 2.24) is 5.32 Å². The lowest BCUT2D eigenvalue weighted by atomic mass is 10.1. The van der Waals surface area contributed by atoms with Crippen LogP contribution in [0.5, 0.6) is 5.75 Å². The number of nitrogens with one attached hydrogen (secondary N) is 1. The number of methoxy groups -OCH3 is 1. The van der Waals surface area contributed by atoms with Crippen molar-refractivity contribution >= 4 is 11.6 Å². The Bertz CT molecular complexity index is 500. The molecule has 1 rings (SSSR count). The Balaban J connectivity index is 2.84. The van der Waals surface area contributed by atoms with Gasteiger partial charge < -0.3 is 15.8 Å². The Labute approximate surface area is 110 Å². The molecule has 0 aliphatic carbocycles. The lowest BCUT2D eigenvalue weighted by Crippen LogP contribution is -2.24. The first-order chi connectivity index (χ1) is 9.10. The molecule has 7 heteroatoms. The zero-order chi connectivity index (χ0) is 14.3. The van der Waals surface area contributed by atoms with E-state index in [4.69, 9.17) is 10.5 Å². The topological polar surface area (TPSA) is 107 Å². The molecular formula is C12H15N3O4. The summed E-state index contributed by atoms with van der Waals surface area (Å²) in [7, 11) is 1.35. The monoisotopic (exact) mass is 265 g/mol. The molecule has 0 heterocycles. The fourth-order valence-electron chi connectivity index (χ4n) is 1.41. The van der Waals surface area contributed by atoms with Crippen LogP contribution in [-0.4, -0.2) is 31.0 Å². The van der Waals surface area contributed by atoms with Gasteiger partial charge in [0.15, 0.2) is 0 Å². The highest BCUT2D eigenvalue weighted by Crippen LogP contribution is 2.24. The Kier molecular flexibility index (Phi) is 5.49. The van der Waals surface area contributed by atoms with Crippen LogP contribution in [0.4, 0.5) is 5.69 Å². The molecule has 0 aliphatic heterocycles. The molecule has 19 heavy (non-hydrogen) atoms. The number of non-ortho nitro benzene ring substituents is 1. The van der Waals surface area contributed by atoms with Crippen LogP contribution < -0.4 is 15.8 Å². The van der Waals surface area contributed by atoms with E-state index in [2.05, 4.69) is 5.32 Å². The summed E-state index contributed by atoms with van der Waals surface area (Å²) in [6, 6.07) is 3.83. The standard InChI is InChI=1S/C12H15N3O4/c1-19-11-8-9(15(17)18)4-5-10(11)12(16)14-7-3-2-6-13/h2-5,8H,6-7,13H2,1H3,(H,14,16)/b3-2+. The molecule has 0 radical (unpaired) electrons. The van der Waals surface area contributed by atoms with Crippen molar-refractivity contribution in [3.05, 3.63) is 46.0 Å². The third kappa shape index (κ3) is 4.07. The first kappa shape index (κ1) is 14.7. The van der Waals surface area contributed by atoms with Gasteiger partial charge in [0, 0.05) is 19.2 Å². The smallest absolute Gasteiger partial charge is 0.273 e. The van der Waals surface area contributed by atoms with Crippen LogP contribution in [0.3, 0.4) is 0 Å². The molecule has 102 valence electrons. The van der Waals surface area contributed by atoms with Gasteiger partial charge in [-0.25, -0.2) is 0 Å². The van der Waals surface area contributed by atoms with E-state index in [1.54, 1.807) is 12.2 Å².